The molecule has 0 fully saturated rings. The van der Waals surface area contributed by atoms with Gasteiger partial charge in [0.25, 0.3) is 0 Å². The van der Waals surface area contributed by atoms with Gasteiger partial charge < -0.3 is 0 Å². The Bertz CT molecular complexity index is 2530. The normalized spacial score (nSPS) is 13.7. The van der Waals surface area contributed by atoms with Crippen molar-refractivity contribution in [3.8, 4) is 55.6 Å². The zero-order valence-corrected chi connectivity index (χ0v) is 25.4. The first kappa shape index (κ1) is 24.9. The Morgan fingerprint density at radius 1 is 0.333 bits per heavy atom. The second kappa shape index (κ2) is 8.80. The minimum atomic E-state index is -0.0878. The van der Waals surface area contributed by atoms with Crippen LogP contribution in [0.15, 0.2) is 146 Å². The van der Waals surface area contributed by atoms with E-state index >= 15 is 0 Å². The minimum absolute atomic E-state index is 0.0878. The second-order valence-electron chi connectivity index (χ2n) is 13.3. The fourth-order valence-electron chi connectivity index (χ4n) is 8.44. The van der Waals surface area contributed by atoms with Gasteiger partial charge in [0, 0.05) is 5.41 Å². The SMILES string of the molecule is CC1(C)c2ccc(-c3ccc4c5c(cccc35)-c3ccccc3-4)cc2-c2ccc(-c3cc4ccccc4c4ccccc34)cc21. The van der Waals surface area contributed by atoms with Gasteiger partial charge in [0.15, 0.2) is 0 Å². The van der Waals surface area contributed by atoms with Gasteiger partial charge in [-0.05, 0) is 117 Å². The Labute approximate surface area is 263 Å². The third-order valence-electron chi connectivity index (χ3n) is 10.6. The molecule has 0 saturated carbocycles. The summed E-state index contributed by atoms with van der Waals surface area (Å²) in [5, 5.41) is 7.92. The van der Waals surface area contributed by atoms with Crippen LogP contribution in [-0.4, -0.2) is 0 Å². The third kappa shape index (κ3) is 3.32. The van der Waals surface area contributed by atoms with E-state index in [2.05, 4.69) is 159 Å². The average molecular weight is 571 g/mol. The largest absolute Gasteiger partial charge is 0.0616 e. The molecule has 0 heterocycles. The standard InChI is InChI=1S/C45H30/c1-45(2)42-23-19-28(31-21-22-39-34-14-7-6-13-33(34)38-17-9-16-37(31)44(38)39)25-41(42)36-20-18-29(26-43(36)45)40-24-27-10-3-4-11-30(27)32-12-5-8-15-35(32)40/h3-26H,1-2H3. The molecule has 0 heteroatoms. The van der Waals surface area contributed by atoms with Crippen LogP contribution in [0.4, 0.5) is 0 Å². The number of hydrogen-bond acceptors (Lipinski definition) is 0. The molecule has 0 unspecified atom stereocenters. The predicted octanol–water partition coefficient (Wildman–Crippen LogP) is 12.4. The Hall–Kier alpha value is -5.46. The van der Waals surface area contributed by atoms with Gasteiger partial charge in [-0.1, -0.05) is 141 Å². The van der Waals surface area contributed by atoms with Gasteiger partial charge in [-0.3, -0.25) is 0 Å². The van der Waals surface area contributed by atoms with E-state index in [-0.39, 0.29) is 5.41 Å². The topological polar surface area (TPSA) is 0 Å². The summed E-state index contributed by atoms with van der Waals surface area (Å²) in [6.07, 6.45) is 0. The fraction of sp³-hybridized carbons (Fsp3) is 0.0667. The fourth-order valence-corrected chi connectivity index (χ4v) is 8.44. The molecule has 0 nitrogen and oxygen atoms in total. The highest BCUT2D eigenvalue weighted by Gasteiger charge is 2.36. The van der Waals surface area contributed by atoms with Crippen molar-refractivity contribution in [2.24, 2.45) is 0 Å². The molecule has 8 aromatic carbocycles. The first-order valence-electron chi connectivity index (χ1n) is 15.9. The van der Waals surface area contributed by atoms with E-state index in [1.165, 1.54) is 99.1 Å². The van der Waals surface area contributed by atoms with Crippen molar-refractivity contribution in [1.82, 2.24) is 0 Å². The van der Waals surface area contributed by atoms with Crippen LogP contribution in [0.5, 0.6) is 0 Å². The molecule has 8 aromatic rings. The van der Waals surface area contributed by atoms with Gasteiger partial charge in [0.1, 0.15) is 0 Å². The summed E-state index contributed by atoms with van der Waals surface area (Å²) in [4.78, 5) is 0. The van der Waals surface area contributed by atoms with Crippen molar-refractivity contribution in [1.29, 1.82) is 0 Å². The van der Waals surface area contributed by atoms with Crippen molar-refractivity contribution in [2.75, 3.05) is 0 Å². The highest BCUT2D eigenvalue weighted by Crippen LogP contribution is 2.53. The number of fused-ring (bicyclic) bond motifs is 9. The van der Waals surface area contributed by atoms with Crippen LogP contribution in [0.1, 0.15) is 25.0 Å². The van der Waals surface area contributed by atoms with Gasteiger partial charge in [-0.2, -0.15) is 0 Å². The molecule has 2 aliphatic rings. The monoisotopic (exact) mass is 570 g/mol. The van der Waals surface area contributed by atoms with Crippen molar-refractivity contribution < 1.29 is 0 Å². The van der Waals surface area contributed by atoms with Gasteiger partial charge in [-0.25, -0.2) is 0 Å². The van der Waals surface area contributed by atoms with Crippen LogP contribution in [-0.2, 0) is 5.41 Å². The summed E-state index contributed by atoms with van der Waals surface area (Å²) in [5.74, 6) is 0. The molecule has 0 N–H and O–H groups in total. The van der Waals surface area contributed by atoms with Gasteiger partial charge in [0.2, 0.25) is 0 Å². The molecule has 0 amide bonds. The maximum atomic E-state index is 2.46. The lowest BCUT2D eigenvalue weighted by Crippen LogP contribution is -2.15. The molecule has 45 heavy (non-hydrogen) atoms. The lowest BCUT2D eigenvalue weighted by Gasteiger charge is -2.22. The maximum Gasteiger partial charge on any atom is 0.0159 e. The van der Waals surface area contributed by atoms with Crippen LogP contribution < -0.4 is 0 Å². The third-order valence-corrected chi connectivity index (χ3v) is 10.6. The second-order valence-corrected chi connectivity index (χ2v) is 13.3. The lowest BCUT2D eigenvalue weighted by atomic mass is 9.81. The molecule has 0 radical (unpaired) electrons. The average Bonchev–Trinajstić information content (AvgIpc) is 3.53. The summed E-state index contributed by atoms with van der Waals surface area (Å²) in [7, 11) is 0. The number of rotatable bonds is 2. The zero-order chi connectivity index (χ0) is 29.9. The molecule has 0 atom stereocenters. The summed E-state index contributed by atoms with van der Waals surface area (Å²) in [6.45, 7) is 4.77. The molecule has 0 aliphatic heterocycles. The Morgan fingerprint density at radius 3 is 1.78 bits per heavy atom. The molecule has 10 rings (SSSR count). The molecule has 2 aliphatic carbocycles. The van der Waals surface area contributed by atoms with Gasteiger partial charge in [-0.15, -0.1) is 0 Å². The molecular formula is C45H30. The molecule has 210 valence electrons. The van der Waals surface area contributed by atoms with E-state index in [0.717, 1.165) is 0 Å². The number of benzene rings is 8. The van der Waals surface area contributed by atoms with E-state index in [1.54, 1.807) is 0 Å². The Kier molecular flexibility index (Phi) is 4.88. The Morgan fingerprint density at radius 2 is 0.933 bits per heavy atom. The molecule has 0 spiro atoms. The number of hydrogen-bond donors (Lipinski definition) is 0. The van der Waals surface area contributed by atoms with Gasteiger partial charge >= 0.3 is 0 Å². The van der Waals surface area contributed by atoms with E-state index in [9.17, 15) is 0 Å². The summed E-state index contributed by atoms with van der Waals surface area (Å²) in [6, 6.07) is 54.6. The molecule has 0 saturated heterocycles. The van der Waals surface area contributed by atoms with Crippen LogP contribution >= 0.6 is 0 Å². The lowest BCUT2D eigenvalue weighted by molar-refractivity contribution is 0.660. The molecule has 0 aromatic heterocycles. The van der Waals surface area contributed by atoms with E-state index in [1.807, 2.05) is 0 Å². The van der Waals surface area contributed by atoms with Crippen molar-refractivity contribution >= 4 is 32.3 Å². The quantitative estimate of drug-likeness (QED) is 0.181. The Balaban J connectivity index is 1.14. The first-order valence-corrected chi connectivity index (χ1v) is 15.9. The predicted molar refractivity (Wildman–Crippen MR) is 192 cm³/mol. The van der Waals surface area contributed by atoms with Crippen LogP contribution in [0.3, 0.4) is 0 Å². The maximum absolute atomic E-state index is 2.46. The summed E-state index contributed by atoms with van der Waals surface area (Å²) in [5.41, 5.74) is 16.0. The molecule has 0 bridgehead atoms. The van der Waals surface area contributed by atoms with E-state index in [4.69, 9.17) is 0 Å². The highest BCUT2D eigenvalue weighted by atomic mass is 14.4. The first-order chi connectivity index (χ1) is 22.1. The molecular weight excluding hydrogens is 540 g/mol. The van der Waals surface area contributed by atoms with Crippen molar-refractivity contribution in [3.63, 3.8) is 0 Å². The van der Waals surface area contributed by atoms with E-state index in [0.29, 0.717) is 0 Å². The van der Waals surface area contributed by atoms with Crippen LogP contribution in [0.25, 0.3) is 88.0 Å². The van der Waals surface area contributed by atoms with Crippen molar-refractivity contribution in [2.45, 2.75) is 19.3 Å². The van der Waals surface area contributed by atoms with E-state index < -0.39 is 0 Å². The van der Waals surface area contributed by atoms with Crippen LogP contribution in [0.2, 0.25) is 0 Å². The van der Waals surface area contributed by atoms with Gasteiger partial charge in [0.05, 0.1) is 0 Å². The van der Waals surface area contributed by atoms with Crippen molar-refractivity contribution in [3.05, 3.63) is 157 Å². The summed E-state index contributed by atoms with van der Waals surface area (Å²) >= 11 is 0. The summed E-state index contributed by atoms with van der Waals surface area (Å²) < 4.78 is 0. The van der Waals surface area contributed by atoms with Crippen LogP contribution in [0, 0.1) is 0 Å². The smallest absolute Gasteiger partial charge is 0.0159 e. The zero-order valence-electron chi connectivity index (χ0n) is 25.4. The highest BCUT2D eigenvalue weighted by molar-refractivity contribution is 6.19. The minimum Gasteiger partial charge on any atom is -0.0616 e.